The standard InChI is InChI=1S/C22H23F2N3O2/c1-13-12-15(23)2-3-16(13)14-7-10-27(11-8-14)22(29)26-19-5-4-18-17(20(19)24)6-9-25-21(18)28/h2-5,12,14H,6-11H2,1H3,(H,25,28)(H,26,29). The quantitative estimate of drug-likeness (QED) is 0.803. The number of anilines is 1. The van der Waals surface area contributed by atoms with Crippen LogP contribution in [0.2, 0.25) is 0 Å². The van der Waals surface area contributed by atoms with E-state index >= 15 is 0 Å². The van der Waals surface area contributed by atoms with Gasteiger partial charge in [0, 0.05) is 30.8 Å². The molecule has 0 aliphatic carbocycles. The van der Waals surface area contributed by atoms with Crippen molar-refractivity contribution in [2.45, 2.75) is 32.1 Å². The van der Waals surface area contributed by atoms with Gasteiger partial charge in [0.25, 0.3) is 5.91 Å². The first kappa shape index (κ1) is 19.4. The second-order valence-corrected chi connectivity index (χ2v) is 7.65. The van der Waals surface area contributed by atoms with Crippen LogP contribution in [0.1, 0.15) is 45.8 Å². The van der Waals surface area contributed by atoms with Crippen LogP contribution in [0.3, 0.4) is 0 Å². The molecule has 2 N–H and O–H groups in total. The number of carbonyl (C=O) groups excluding carboxylic acids is 2. The molecular weight excluding hydrogens is 376 g/mol. The van der Waals surface area contributed by atoms with Crippen molar-refractivity contribution < 1.29 is 18.4 Å². The molecule has 0 spiro atoms. The molecule has 0 atom stereocenters. The Hall–Kier alpha value is -2.96. The molecule has 0 aromatic heterocycles. The third-order valence-corrected chi connectivity index (χ3v) is 5.84. The predicted octanol–water partition coefficient (Wildman–Crippen LogP) is 3.97. The van der Waals surface area contributed by atoms with E-state index in [9.17, 15) is 18.4 Å². The van der Waals surface area contributed by atoms with Crippen molar-refractivity contribution in [3.05, 3.63) is 64.2 Å². The van der Waals surface area contributed by atoms with Gasteiger partial charge in [-0.05, 0) is 67.5 Å². The molecule has 2 aromatic rings. The van der Waals surface area contributed by atoms with Crippen molar-refractivity contribution in [3.8, 4) is 0 Å². The van der Waals surface area contributed by atoms with E-state index in [-0.39, 0.29) is 29.4 Å². The summed E-state index contributed by atoms with van der Waals surface area (Å²) in [5.41, 5.74) is 2.80. The van der Waals surface area contributed by atoms with E-state index in [1.807, 2.05) is 13.0 Å². The summed E-state index contributed by atoms with van der Waals surface area (Å²) in [6, 6.07) is 7.47. The number of fused-ring (bicyclic) bond motifs is 1. The molecule has 0 unspecified atom stereocenters. The largest absolute Gasteiger partial charge is 0.352 e. The number of aryl methyl sites for hydroxylation is 1. The van der Waals surface area contributed by atoms with Gasteiger partial charge in [-0.1, -0.05) is 6.07 Å². The second kappa shape index (κ2) is 7.81. The summed E-state index contributed by atoms with van der Waals surface area (Å²) in [6.07, 6.45) is 1.94. The van der Waals surface area contributed by atoms with Gasteiger partial charge < -0.3 is 15.5 Å². The lowest BCUT2D eigenvalue weighted by Gasteiger charge is -2.33. The van der Waals surface area contributed by atoms with Crippen LogP contribution in [0, 0.1) is 18.6 Å². The number of piperidine rings is 1. The maximum atomic E-state index is 14.8. The topological polar surface area (TPSA) is 61.4 Å². The number of benzene rings is 2. The highest BCUT2D eigenvalue weighted by molar-refractivity contribution is 5.98. The minimum Gasteiger partial charge on any atom is -0.352 e. The van der Waals surface area contributed by atoms with Gasteiger partial charge in [-0.15, -0.1) is 0 Å². The minimum atomic E-state index is -0.539. The number of urea groups is 1. The zero-order valence-corrected chi connectivity index (χ0v) is 16.2. The number of hydrogen-bond acceptors (Lipinski definition) is 2. The first-order chi connectivity index (χ1) is 13.9. The van der Waals surface area contributed by atoms with Gasteiger partial charge in [-0.25, -0.2) is 13.6 Å². The summed E-state index contributed by atoms with van der Waals surface area (Å²) in [7, 11) is 0. The average Bonchev–Trinajstić information content (AvgIpc) is 2.71. The molecule has 29 heavy (non-hydrogen) atoms. The van der Waals surface area contributed by atoms with Crippen LogP contribution in [0.25, 0.3) is 0 Å². The number of likely N-dealkylation sites (tertiary alicyclic amines) is 1. The van der Waals surface area contributed by atoms with Crippen molar-refractivity contribution in [2.24, 2.45) is 0 Å². The Balaban J connectivity index is 1.41. The number of hydrogen-bond donors (Lipinski definition) is 2. The summed E-state index contributed by atoms with van der Waals surface area (Å²) < 4.78 is 28.1. The fraction of sp³-hybridized carbons (Fsp3) is 0.364. The molecule has 0 bridgehead atoms. The van der Waals surface area contributed by atoms with E-state index in [4.69, 9.17) is 0 Å². The van der Waals surface area contributed by atoms with Crippen molar-refractivity contribution in [1.82, 2.24) is 10.2 Å². The zero-order chi connectivity index (χ0) is 20.5. The molecule has 152 valence electrons. The summed E-state index contributed by atoms with van der Waals surface area (Å²) in [5.74, 6) is -0.796. The molecule has 2 heterocycles. The van der Waals surface area contributed by atoms with Gasteiger partial charge in [-0.3, -0.25) is 4.79 Å². The average molecular weight is 399 g/mol. The number of carbonyl (C=O) groups is 2. The number of nitrogens with zero attached hydrogens (tertiary/aromatic N) is 1. The van der Waals surface area contributed by atoms with Gasteiger partial charge in [-0.2, -0.15) is 0 Å². The predicted molar refractivity (Wildman–Crippen MR) is 106 cm³/mol. The monoisotopic (exact) mass is 399 g/mol. The van der Waals surface area contributed by atoms with Gasteiger partial charge in [0.05, 0.1) is 5.69 Å². The lowest BCUT2D eigenvalue weighted by molar-refractivity contribution is 0.0945. The number of nitrogens with one attached hydrogen (secondary N) is 2. The maximum Gasteiger partial charge on any atom is 0.321 e. The molecule has 0 saturated carbocycles. The van der Waals surface area contributed by atoms with E-state index in [1.54, 1.807) is 11.0 Å². The van der Waals surface area contributed by atoms with Gasteiger partial charge in [0.1, 0.15) is 5.82 Å². The van der Waals surface area contributed by atoms with Crippen molar-refractivity contribution in [3.63, 3.8) is 0 Å². The molecule has 3 amide bonds. The highest BCUT2D eigenvalue weighted by Gasteiger charge is 2.27. The fourth-order valence-electron chi connectivity index (χ4n) is 4.26. The lowest BCUT2D eigenvalue weighted by atomic mass is 9.87. The molecule has 2 aliphatic rings. The van der Waals surface area contributed by atoms with Crippen LogP contribution >= 0.6 is 0 Å². The molecule has 7 heteroatoms. The number of amides is 3. The van der Waals surface area contributed by atoms with Gasteiger partial charge in [0.2, 0.25) is 0 Å². The fourth-order valence-corrected chi connectivity index (χ4v) is 4.26. The van der Waals surface area contributed by atoms with Gasteiger partial charge in [0.15, 0.2) is 5.82 Å². The lowest BCUT2D eigenvalue weighted by Crippen LogP contribution is -2.41. The maximum absolute atomic E-state index is 14.8. The Morgan fingerprint density at radius 3 is 2.66 bits per heavy atom. The van der Waals surface area contributed by atoms with Crippen LogP contribution in [0.5, 0.6) is 0 Å². The van der Waals surface area contributed by atoms with Crippen LogP contribution < -0.4 is 10.6 Å². The van der Waals surface area contributed by atoms with Crippen molar-refractivity contribution >= 4 is 17.6 Å². The van der Waals surface area contributed by atoms with E-state index in [0.717, 1.165) is 24.0 Å². The number of halogens is 2. The normalized spacial score (nSPS) is 16.9. The molecule has 4 rings (SSSR count). The Labute approximate surface area is 168 Å². The Morgan fingerprint density at radius 2 is 1.93 bits per heavy atom. The van der Waals surface area contributed by atoms with Crippen LogP contribution in [0.15, 0.2) is 30.3 Å². The third-order valence-electron chi connectivity index (χ3n) is 5.84. The summed E-state index contributed by atoms with van der Waals surface area (Å²) in [4.78, 5) is 26.1. The van der Waals surface area contributed by atoms with E-state index in [1.165, 1.54) is 18.2 Å². The van der Waals surface area contributed by atoms with Crippen LogP contribution in [-0.2, 0) is 6.42 Å². The first-order valence-corrected chi connectivity index (χ1v) is 9.85. The molecule has 1 fully saturated rings. The molecule has 2 aliphatic heterocycles. The smallest absolute Gasteiger partial charge is 0.321 e. The summed E-state index contributed by atoms with van der Waals surface area (Å²) in [5, 5.41) is 5.33. The first-order valence-electron chi connectivity index (χ1n) is 9.85. The highest BCUT2D eigenvalue weighted by atomic mass is 19.1. The van der Waals surface area contributed by atoms with Crippen molar-refractivity contribution in [2.75, 3.05) is 25.0 Å². The zero-order valence-electron chi connectivity index (χ0n) is 16.2. The van der Waals surface area contributed by atoms with Crippen LogP contribution in [0.4, 0.5) is 19.3 Å². The van der Waals surface area contributed by atoms with E-state index in [0.29, 0.717) is 37.2 Å². The Bertz CT molecular complexity index is 969. The molecule has 1 saturated heterocycles. The minimum absolute atomic E-state index is 0.0972. The van der Waals surface area contributed by atoms with Crippen molar-refractivity contribution in [1.29, 1.82) is 0 Å². The molecule has 2 aromatic carbocycles. The van der Waals surface area contributed by atoms with Crippen LogP contribution in [-0.4, -0.2) is 36.5 Å². The van der Waals surface area contributed by atoms with E-state index < -0.39 is 5.82 Å². The molecular formula is C22H23F2N3O2. The third kappa shape index (κ3) is 3.81. The van der Waals surface area contributed by atoms with E-state index in [2.05, 4.69) is 10.6 Å². The Kier molecular flexibility index (Phi) is 5.22. The Morgan fingerprint density at radius 1 is 1.17 bits per heavy atom. The molecule has 5 nitrogen and oxygen atoms in total. The molecule has 0 radical (unpaired) electrons. The highest BCUT2D eigenvalue weighted by Crippen LogP contribution is 2.31. The van der Waals surface area contributed by atoms with Gasteiger partial charge >= 0.3 is 6.03 Å². The summed E-state index contributed by atoms with van der Waals surface area (Å²) in [6.45, 7) is 3.37. The second-order valence-electron chi connectivity index (χ2n) is 7.65. The summed E-state index contributed by atoms with van der Waals surface area (Å²) >= 11 is 0. The SMILES string of the molecule is Cc1cc(F)ccc1C1CCN(C(=O)Nc2ccc3c(c2F)CCNC3=O)CC1. The number of rotatable bonds is 2.